The van der Waals surface area contributed by atoms with Crippen LogP contribution in [0.4, 0.5) is 0 Å². The number of ketones is 1. The van der Waals surface area contributed by atoms with Crippen LogP contribution in [0.3, 0.4) is 0 Å². The number of carbonyl (C=O) groups is 1. The molecule has 1 aromatic carbocycles. The lowest BCUT2D eigenvalue weighted by atomic mass is 10.0. The molecule has 0 radical (unpaired) electrons. The van der Waals surface area contributed by atoms with Gasteiger partial charge in [0.15, 0.2) is 5.79 Å². The predicted octanol–water partition coefficient (Wildman–Crippen LogP) is 0.781. The Bertz CT molecular complexity index is 739. The molecule has 2 fully saturated rings. The third kappa shape index (κ3) is 2.81. The fourth-order valence-corrected chi connectivity index (χ4v) is 3.73. The maximum atomic E-state index is 12.8. The van der Waals surface area contributed by atoms with Crippen LogP contribution >= 0.6 is 0 Å². The zero-order valence-corrected chi connectivity index (χ0v) is 13.9. The number of benzene rings is 1. The van der Waals surface area contributed by atoms with Crippen molar-refractivity contribution in [3.8, 4) is 5.75 Å². The summed E-state index contributed by atoms with van der Waals surface area (Å²) in [5, 5.41) is 0.926. The third-order valence-corrected chi connectivity index (χ3v) is 5.13. The van der Waals surface area contributed by atoms with E-state index in [-0.39, 0.29) is 11.6 Å². The third-order valence-electron chi connectivity index (χ3n) is 5.13. The first-order valence-corrected chi connectivity index (χ1v) is 8.49. The van der Waals surface area contributed by atoms with Crippen LogP contribution in [0.1, 0.15) is 23.2 Å². The highest BCUT2D eigenvalue weighted by Gasteiger charge is 2.42. The van der Waals surface area contributed by atoms with Gasteiger partial charge in [0.25, 0.3) is 0 Å². The molecule has 24 heavy (non-hydrogen) atoms. The topological polar surface area (TPSA) is 65.0 Å². The summed E-state index contributed by atoms with van der Waals surface area (Å²) in [6, 6.07) is 5.75. The molecule has 4 rings (SSSR count). The van der Waals surface area contributed by atoms with E-state index in [1.165, 1.54) is 4.90 Å². The summed E-state index contributed by atoms with van der Waals surface area (Å²) in [5.74, 6) is 0.549. The van der Waals surface area contributed by atoms with Crippen molar-refractivity contribution in [2.45, 2.75) is 18.6 Å². The van der Waals surface area contributed by atoms with Crippen LogP contribution in [0.5, 0.6) is 5.75 Å². The smallest absolute Gasteiger partial charge is 0.219 e. The van der Waals surface area contributed by atoms with Crippen molar-refractivity contribution in [3.05, 3.63) is 30.0 Å². The van der Waals surface area contributed by atoms with Gasteiger partial charge in [-0.15, -0.1) is 0 Å². The van der Waals surface area contributed by atoms with Crippen LogP contribution in [0.15, 0.2) is 24.4 Å². The van der Waals surface area contributed by atoms with Crippen LogP contribution in [0.2, 0.25) is 0 Å². The lowest BCUT2D eigenvalue weighted by molar-refractivity contribution is -0.900. The van der Waals surface area contributed by atoms with E-state index >= 15 is 0 Å². The number of carbonyl (C=O) groups excluding carboxylic acids is 1. The van der Waals surface area contributed by atoms with Crippen LogP contribution in [-0.2, 0) is 9.47 Å². The molecular weight excluding hydrogens is 308 g/mol. The van der Waals surface area contributed by atoms with Gasteiger partial charge in [-0.25, -0.2) is 0 Å². The molecule has 0 bridgehead atoms. The molecule has 2 aromatic rings. The number of nitrogens with one attached hydrogen (secondary N) is 2. The van der Waals surface area contributed by atoms with E-state index in [2.05, 4.69) is 4.98 Å². The van der Waals surface area contributed by atoms with Gasteiger partial charge in [-0.3, -0.25) is 4.79 Å². The van der Waals surface area contributed by atoms with Crippen molar-refractivity contribution in [1.29, 1.82) is 0 Å². The van der Waals surface area contributed by atoms with Gasteiger partial charge in [-0.2, -0.15) is 0 Å². The fourth-order valence-electron chi connectivity index (χ4n) is 3.73. The summed E-state index contributed by atoms with van der Waals surface area (Å²) in [7, 11) is 1.64. The first kappa shape index (κ1) is 15.6. The summed E-state index contributed by atoms with van der Waals surface area (Å²) in [4.78, 5) is 17.2. The minimum atomic E-state index is -0.374. The standard InChI is InChI=1S/C18H22N2O4/c1-22-13-2-3-16-14(10-13)15(11-19-16)17(21)12-20-6-4-18(5-7-20)23-8-9-24-18/h2-3,10-11,19H,4-9,12H2,1H3/p+1. The van der Waals surface area contributed by atoms with E-state index in [0.717, 1.165) is 48.1 Å². The molecule has 2 saturated heterocycles. The number of likely N-dealkylation sites (tertiary alicyclic amines) is 1. The number of rotatable bonds is 4. The number of fused-ring (bicyclic) bond motifs is 1. The number of hydrogen-bond donors (Lipinski definition) is 2. The summed E-state index contributed by atoms with van der Waals surface area (Å²) in [6.45, 7) is 3.67. The number of piperidine rings is 1. The zero-order chi connectivity index (χ0) is 16.6. The van der Waals surface area contributed by atoms with Gasteiger partial charge in [-0.05, 0) is 18.2 Å². The highest BCUT2D eigenvalue weighted by Crippen LogP contribution is 2.27. The van der Waals surface area contributed by atoms with Gasteiger partial charge >= 0.3 is 0 Å². The largest absolute Gasteiger partial charge is 0.497 e. The first-order valence-electron chi connectivity index (χ1n) is 8.49. The average Bonchev–Trinajstić information content (AvgIpc) is 3.23. The molecule has 0 saturated carbocycles. The fraction of sp³-hybridized carbons (Fsp3) is 0.500. The van der Waals surface area contributed by atoms with Crippen molar-refractivity contribution in [2.24, 2.45) is 0 Å². The van der Waals surface area contributed by atoms with Crippen LogP contribution < -0.4 is 9.64 Å². The summed E-state index contributed by atoms with van der Waals surface area (Å²) < 4.78 is 16.8. The zero-order valence-electron chi connectivity index (χ0n) is 13.9. The molecule has 0 unspecified atom stereocenters. The van der Waals surface area contributed by atoms with Crippen molar-refractivity contribution >= 4 is 16.7 Å². The van der Waals surface area contributed by atoms with Crippen molar-refractivity contribution < 1.29 is 23.9 Å². The number of ether oxygens (including phenoxy) is 3. The van der Waals surface area contributed by atoms with Crippen molar-refractivity contribution in [2.75, 3.05) is 40.0 Å². The van der Waals surface area contributed by atoms with E-state index in [0.29, 0.717) is 19.8 Å². The van der Waals surface area contributed by atoms with Gasteiger partial charge in [0.2, 0.25) is 5.78 Å². The van der Waals surface area contributed by atoms with Gasteiger partial charge in [0, 0.05) is 22.7 Å². The molecule has 2 aliphatic heterocycles. The Morgan fingerprint density at radius 3 is 2.75 bits per heavy atom. The number of hydrogen-bond acceptors (Lipinski definition) is 4. The van der Waals surface area contributed by atoms with E-state index in [4.69, 9.17) is 14.2 Å². The molecule has 6 nitrogen and oxygen atoms in total. The number of aromatic nitrogens is 1. The number of Topliss-reactive ketones (excluding diaryl/α,β-unsaturated/α-hetero) is 1. The molecule has 6 heteroatoms. The molecule has 3 heterocycles. The van der Waals surface area contributed by atoms with E-state index in [1.807, 2.05) is 18.2 Å². The quantitative estimate of drug-likeness (QED) is 0.813. The Hall–Kier alpha value is -1.89. The highest BCUT2D eigenvalue weighted by molar-refractivity contribution is 6.08. The average molecular weight is 331 g/mol. The molecule has 0 atom stereocenters. The number of aromatic amines is 1. The molecule has 128 valence electrons. The van der Waals surface area contributed by atoms with Crippen LogP contribution in [0, 0.1) is 0 Å². The molecular formula is C18H23N2O4+. The van der Waals surface area contributed by atoms with E-state index < -0.39 is 0 Å². The number of methoxy groups -OCH3 is 1. The maximum Gasteiger partial charge on any atom is 0.219 e. The van der Waals surface area contributed by atoms with E-state index in [1.54, 1.807) is 13.3 Å². The number of H-pyrrole nitrogens is 1. The highest BCUT2D eigenvalue weighted by atomic mass is 16.7. The Labute approximate surface area is 140 Å². The first-order chi connectivity index (χ1) is 11.7. The Balaban J connectivity index is 1.45. The molecule has 0 amide bonds. The second-order valence-corrected chi connectivity index (χ2v) is 6.57. The Morgan fingerprint density at radius 1 is 1.29 bits per heavy atom. The molecule has 1 spiro atoms. The SMILES string of the molecule is COc1ccc2[nH]cc(C(=O)C[NH+]3CCC4(CC3)OCCO4)c2c1. The molecule has 2 aliphatic rings. The van der Waals surface area contributed by atoms with Crippen LogP contribution in [0.25, 0.3) is 10.9 Å². The van der Waals surface area contributed by atoms with Crippen molar-refractivity contribution in [3.63, 3.8) is 0 Å². The summed E-state index contributed by atoms with van der Waals surface area (Å²) in [5.41, 5.74) is 1.70. The molecule has 0 aliphatic carbocycles. The summed E-state index contributed by atoms with van der Waals surface area (Å²) >= 11 is 0. The Morgan fingerprint density at radius 2 is 2.04 bits per heavy atom. The van der Waals surface area contributed by atoms with Crippen LogP contribution in [-0.4, -0.2) is 56.5 Å². The lowest BCUT2D eigenvalue weighted by Gasteiger charge is -2.34. The molecule has 2 N–H and O–H groups in total. The lowest BCUT2D eigenvalue weighted by Crippen LogP contribution is -3.14. The predicted molar refractivity (Wildman–Crippen MR) is 88.6 cm³/mol. The normalized spacial score (nSPS) is 20.7. The Kier molecular flexibility index (Phi) is 4.04. The van der Waals surface area contributed by atoms with Crippen molar-refractivity contribution in [1.82, 2.24) is 4.98 Å². The van der Waals surface area contributed by atoms with Gasteiger partial charge < -0.3 is 24.1 Å². The van der Waals surface area contributed by atoms with E-state index in [9.17, 15) is 4.79 Å². The van der Waals surface area contributed by atoms with Gasteiger partial charge in [0.05, 0.1) is 46.3 Å². The minimum absolute atomic E-state index is 0.161. The molecule has 1 aromatic heterocycles. The monoisotopic (exact) mass is 331 g/mol. The number of quaternary nitrogens is 1. The van der Waals surface area contributed by atoms with Gasteiger partial charge in [0.1, 0.15) is 12.3 Å². The van der Waals surface area contributed by atoms with Gasteiger partial charge in [-0.1, -0.05) is 0 Å². The maximum absolute atomic E-state index is 12.8. The summed E-state index contributed by atoms with van der Waals surface area (Å²) in [6.07, 6.45) is 3.52. The minimum Gasteiger partial charge on any atom is -0.497 e. The second kappa shape index (κ2) is 6.20. The second-order valence-electron chi connectivity index (χ2n) is 6.57.